The van der Waals surface area contributed by atoms with Gasteiger partial charge in [-0.2, -0.15) is 0 Å². The van der Waals surface area contributed by atoms with Gasteiger partial charge >= 0.3 is 0 Å². The zero-order valence-corrected chi connectivity index (χ0v) is 14.0. The second kappa shape index (κ2) is 7.32. The van der Waals surface area contributed by atoms with Gasteiger partial charge in [0.25, 0.3) is 0 Å². The lowest BCUT2D eigenvalue weighted by molar-refractivity contribution is -0.121. The van der Waals surface area contributed by atoms with E-state index in [1.165, 1.54) is 12.1 Å². The second-order valence-electron chi connectivity index (χ2n) is 5.67. The Kier molecular flexibility index (Phi) is 5.16. The van der Waals surface area contributed by atoms with Gasteiger partial charge in [-0.1, -0.05) is 18.2 Å². The third-order valence-corrected chi connectivity index (χ3v) is 4.84. The summed E-state index contributed by atoms with van der Waals surface area (Å²) < 4.78 is 27.6. The molecule has 1 amide bonds. The highest BCUT2D eigenvalue weighted by Gasteiger charge is 2.29. The Morgan fingerprint density at radius 2 is 2.08 bits per heavy atom. The van der Waals surface area contributed by atoms with Crippen LogP contribution in [-0.2, 0) is 4.79 Å². The fourth-order valence-electron chi connectivity index (χ4n) is 2.88. The van der Waals surface area contributed by atoms with Gasteiger partial charge in [-0.25, -0.2) is 8.78 Å². The average Bonchev–Trinajstić information content (AvgIpc) is 2.98. The van der Waals surface area contributed by atoms with Crippen LogP contribution in [0.25, 0.3) is 0 Å². The van der Waals surface area contributed by atoms with E-state index in [0.29, 0.717) is 18.5 Å². The summed E-state index contributed by atoms with van der Waals surface area (Å²) in [7, 11) is 0. The molecule has 3 rings (SSSR count). The highest BCUT2D eigenvalue weighted by atomic mass is 32.2. The summed E-state index contributed by atoms with van der Waals surface area (Å²) in [6.45, 7) is 0.597. The SMILES string of the molecule is CSc1cccc([C@@H](N[C@H]2CCNC2=O)c2ccc(F)cc2F)c1. The lowest BCUT2D eigenvalue weighted by atomic mass is 9.97. The molecule has 0 aromatic heterocycles. The van der Waals surface area contributed by atoms with E-state index in [4.69, 9.17) is 0 Å². The van der Waals surface area contributed by atoms with Gasteiger partial charge in [0.2, 0.25) is 5.91 Å². The molecule has 1 fully saturated rings. The molecule has 0 unspecified atom stereocenters. The molecule has 3 nitrogen and oxygen atoms in total. The summed E-state index contributed by atoms with van der Waals surface area (Å²) >= 11 is 1.58. The van der Waals surface area contributed by atoms with Crippen LogP contribution in [-0.4, -0.2) is 24.7 Å². The molecule has 1 heterocycles. The Balaban J connectivity index is 2.00. The number of benzene rings is 2. The summed E-state index contributed by atoms with van der Waals surface area (Å²) in [5.41, 5.74) is 1.17. The van der Waals surface area contributed by atoms with Gasteiger partial charge in [0.15, 0.2) is 0 Å². The number of carbonyl (C=O) groups excluding carboxylic acids is 1. The molecule has 24 heavy (non-hydrogen) atoms. The molecule has 1 aliphatic heterocycles. The molecule has 0 bridgehead atoms. The Bertz CT molecular complexity index is 754. The normalized spacial score (nSPS) is 18.5. The van der Waals surface area contributed by atoms with Crippen molar-refractivity contribution < 1.29 is 13.6 Å². The molecule has 2 atom stereocenters. The van der Waals surface area contributed by atoms with E-state index < -0.39 is 23.7 Å². The van der Waals surface area contributed by atoms with Crippen molar-refractivity contribution in [2.75, 3.05) is 12.8 Å². The fourth-order valence-corrected chi connectivity index (χ4v) is 3.35. The number of hydrogen-bond acceptors (Lipinski definition) is 3. The van der Waals surface area contributed by atoms with Crippen LogP contribution >= 0.6 is 11.8 Å². The minimum atomic E-state index is -0.625. The Morgan fingerprint density at radius 3 is 2.75 bits per heavy atom. The van der Waals surface area contributed by atoms with Gasteiger partial charge in [-0.05, 0) is 36.4 Å². The summed E-state index contributed by atoms with van der Waals surface area (Å²) in [5.74, 6) is -1.34. The van der Waals surface area contributed by atoms with E-state index in [9.17, 15) is 13.6 Å². The first-order valence-corrected chi connectivity index (χ1v) is 8.93. The molecule has 6 heteroatoms. The molecule has 2 N–H and O–H groups in total. The second-order valence-corrected chi connectivity index (χ2v) is 6.55. The highest BCUT2D eigenvalue weighted by molar-refractivity contribution is 7.98. The number of hydrogen-bond donors (Lipinski definition) is 2. The van der Waals surface area contributed by atoms with Crippen molar-refractivity contribution in [1.82, 2.24) is 10.6 Å². The molecule has 0 aliphatic carbocycles. The Labute approximate surface area is 143 Å². The zero-order valence-electron chi connectivity index (χ0n) is 13.2. The number of thioether (sulfide) groups is 1. The predicted molar refractivity (Wildman–Crippen MR) is 91.0 cm³/mol. The third-order valence-electron chi connectivity index (χ3n) is 4.12. The van der Waals surface area contributed by atoms with Gasteiger partial charge in [-0.3, -0.25) is 10.1 Å². The summed E-state index contributed by atoms with van der Waals surface area (Å²) in [6, 6.07) is 10.3. The van der Waals surface area contributed by atoms with Crippen LogP contribution < -0.4 is 10.6 Å². The van der Waals surface area contributed by atoms with E-state index in [2.05, 4.69) is 10.6 Å². The van der Waals surface area contributed by atoms with Crippen LogP contribution in [0.15, 0.2) is 47.4 Å². The maximum absolute atomic E-state index is 14.4. The smallest absolute Gasteiger partial charge is 0.237 e. The molecule has 0 saturated carbocycles. The van der Waals surface area contributed by atoms with Crippen molar-refractivity contribution in [3.8, 4) is 0 Å². The zero-order chi connectivity index (χ0) is 17.1. The van der Waals surface area contributed by atoms with E-state index in [1.54, 1.807) is 11.8 Å². The first-order valence-electron chi connectivity index (χ1n) is 7.71. The highest BCUT2D eigenvalue weighted by Crippen LogP contribution is 2.29. The van der Waals surface area contributed by atoms with Crippen LogP contribution in [0.5, 0.6) is 0 Å². The van der Waals surface area contributed by atoms with Crippen molar-refractivity contribution in [2.24, 2.45) is 0 Å². The van der Waals surface area contributed by atoms with Crippen molar-refractivity contribution in [2.45, 2.75) is 23.4 Å². The Morgan fingerprint density at radius 1 is 1.25 bits per heavy atom. The lowest BCUT2D eigenvalue weighted by Crippen LogP contribution is -2.39. The number of rotatable bonds is 5. The minimum Gasteiger partial charge on any atom is -0.355 e. The van der Waals surface area contributed by atoms with Crippen molar-refractivity contribution in [3.63, 3.8) is 0 Å². The van der Waals surface area contributed by atoms with E-state index in [1.807, 2.05) is 30.5 Å². The topological polar surface area (TPSA) is 41.1 Å². The molecule has 1 saturated heterocycles. The van der Waals surface area contributed by atoms with E-state index in [-0.39, 0.29) is 5.91 Å². The number of halogens is 2. The van der Waals surface area contributed by atoms with Crippen LogP contribution in [0, 0.1) is 11.6 Å². The van der Waals surface area contributed by atoms with Gasteiger partial charge in [0.05, 0.1) is 12.1 Å². The standard InChI is InChI=1S/C18H18F2N2OS/c1-24-13-4-2-3-11(9-13)17(22-16-7-8-21-18(16)23)14-6-5-12(19)10-15(14)20/h2-6,9-10,16-17,22H,7-8H2,1H3,(H,21,23)/t16-,17+/m0/s1. The van der Waals surface area contributed by atoms with Crippen LogP contribution in [0.3, 0.4) is 0 Å². The van der Waals surface area contributed by atoms with Crippen molar-refractivity contribution >= 4 is 17.7 Å². The van der Waals surface area contributed by atoms with Crippen LogP contribution in [0.4, 0.5) is 8.78 Å². The lowest BCUT2D eigenvalue weighted by Gasteiger charge is -2.23. The molecule has 126 valence electrons. The molecule has 2 aromatic rings. The molecular weight excluding hydrogens is 330 g/mol. The van der Waals surface area contributed by atoms with Crippen molar-refractivity contribution in [1.29, 1.82) is 0 Å². The molecular formula is C18H18F2N2OS. The molecule has 1 aliphatic rings. The minimum absolute atomic E-state index is 0.0939. The van der Waals surface area contributed by atoms with Gasteiger partial charge in [0.1, 0.15) is 11.6 Å². The first-order chi connectivity index (χ1) is 11.6. The monoisotopic (exact) mass is 348 g/mol. The fraction of sp³-hybridized carbons (Fsp3) is 0.278. The van der Waals surface area contributed by atoms with Crippen LogP contribution in [0.1, 0.15) is 23.6 Å². The molecule has 0 spiro atoms. The first kappa shape index (κ1) is 16.9. The Hall–Kier alpha value is -1.92. The number of amides is 1. The van der Waals surface area contributed by atoms with Crippen molar-refractivity contribution in [3.05, 3.63) is 65.2 Å². The van der Waals surface area contributed by atoms with E-state index >= 15 is 0 Å². The number of nitrogens with one attached hydrogen (secondary N) is 2. The average molecular weight is 348 g/mol. The van der Waals surface area contributed by atoms with Gasteiger partial charge in [-0.15, -0.1) is 11.8 Å². The summed E-state index contributed by atoms with van der Waals surface area (Å²) in [5, 5.41) is 5.99. The summed E-state index contributed by atoms with van der Waals surface area (Å²) in [4.78, 5) is 12.9. The van der Waals surface area contributed by atoms with Gasteiger partial charge in [0, 0.05) is 23.1 Å². The predicted octanol–water partition coefficient (Wildman–Crippen LogP) is 3.25. The van der Waals surface area contributed by atoms with Gasteiger partial charge < -0.3 is 5.32 Å². The van der Waals surface area contributed by atoms with E-state index in [0.717, 1.165) is 16.5 Å². The summed E-state index contributed by atoms with van der Waals surface area (Å²) in [6.07, 6.45) is 2.60. The number of carbonyl (C=O) groups is 1. The molecule has 0 radical (unpaired) electrons. The maximum Gasteiger partial charge on any atom is 0.237 e. The quantitative estimate of drug-likeness (QED) is 0.815. The third kappa shape index (κ3) is 3.60. The largest absolute Gasteiger partial charge is 0.355 e. The maximum atomic E-state index is 14.4. The molecule has 2 aromatic carbocycles. The van der Waals surface area contributed by atoms with Crippen LogP contribution in [0.2, 0.25) is 0 Å².